The second-order valence-electron chi connectivity index (χ2n) is 8.35. The van der Waals surface area contributed by atoms with Crippen LogP contribution in [0.5, 0.6) is 0 Å². The molecule has 5 nitrogen and oxygen atoms in total. The predicted octanol–water partition coefficient (Wildman–Crippen LogP) is 5.79. The van der Waals surface area contributed by atoms with Crippen molar-refractivity contribution in [3.63, 3.8) is 0 Å². The van der Waals surface area contributed by atoms with Gasteiger partial charge in [-0.2, -0.15) is 13.2 Å². The number of nitrogens with one attached hydrogen (secondary N) is 1. The van der Waals surface area contributed by atoms with Gasteiger partial charge in [0.2, 0.25) is 11.8 Å². The van der Waals surface area contributed by atoms with Crippen molar-refractivity contribution < 1.29 is 22.8 Å². The summed E-state index contributed by atoms with van der Waals surface area (Å²) in [5, 5.41) is 3.47. The summed E-state index contributed by atoms with van der Waals surface area (Å²) in [5.74, 6) is -0.284. The van der Waals surface area contributed by atoms with Crippen LogP contribution < -0.4 is 5.32 Å². The van der Waals surface area contributed by atoms with Crippen molar-refractivity contribution in [3.8, 4) is 0 Å². The molecule has 0 aliphatic carbocycles. The molecule has 1 aromatic heterocycles. The first-order chi connectivity index (χ1) is 16.3. The molecule has 1 aliphatic heterocycles. The van der Waals surface area contributed by atoms with E-state index >= 15 is 0 Å². The number of para-hydroxylation sites is 1. The Bertz CT molecular complexity index is 1170. The molecular formula is C25H26F3N3O2S. The number of thioether (sulfide) groups is 1. The van der Waals surface area contributed by atoms with Crippen molar-refractivity contribution in [2.24, 2.45) is 0 Å². The zero-order chi connectivity index (χ0) is 24.1. The molecule has 1 aliphatic rings. The molecule has 3 aromatic rings. The highest BCUT2D eigenvalue weighted by molar-refractivity contribution is 8.00. The number of aromatic nitrogens is 1. The van der Waals surface area contributed by atoms with E-state index in [1.807, 2.05) is 39.9 Å². The summed E-state index contributed by atoms with van der Waals surface area (Å²) < 4.78 is 40.6. The Morgan fingerprint density at radius 3 is 2.44 bits per heavy atom. The standard InChI is InChI=1S/C25H26F3N3O2S/c26-25(27,28)18-8-7-9-19(14-18)29-23(32)17-34-22-15-31(21-11-4-3-10-20(21)22)16-24(33)30-12-5-1-2-6-13-30/h3-4,7-11,14-15H,1-2,5-6,12-13,16-17H2,(H,29,32). The van der Waals surface area contributed by atoms with E-state index in [9.17, 15) is 22.8 Å². The SMILES string of the molecule is O=C(CSc1cn(CC(=O)N2CCCCCC2)c2ccccc12)Nc1cccc(C(F)(F)F)c1. The van der Waals surface area contributed by atoms with Gasteiger partial charge in [-0.1, -0.05) is 37.1 Å². The Labute approximate surface area is 200 Å². The minimum absolute atomic E-state index is 0.0321. The number of anilines is 1. The van der Waals surface area contributed by atoms with Gasteiger partial charge in [-0.25, -0.2) is 0 Å². The van der Waals surface area contributed by atoms with Gasteiger partial charge in [0.05, 0.1) is 11.3 Å². The maximum atomic E-state index is 12.9. The van der Waals surface area contributed by atoms with Gasteiger partial charge >= 0.3 is 6.18 Å². The van der Waals surface area contributed by atoms with Crippen LogP contribution in [0, 0.1) is 0 Å². The van der Waals surface area contributed by atoms with Crippen LogP contribution in [0.3, 0.4) is 0 Å². The lowest BCUT2D eigenvalue weighted by molar-refractivity contribution is -0.137. The lowest BCUT2D eigenvalue weighted by Gasteiger charge is -2.20. The van der Waals surface area contributed by atoms with Crippen LogP contribution in [0.15, 0.2) is 59.6 Å². The van der Waals surface area contributed by atoms with Crippen molar-refractivity contribution in [2.75, 3.05) is 24.2 Å². The lowest BCUT2D eigenvalue weighted by Crippen LogP contribution is -2.34. The zero-order valence-corrected chi connectivity index (χ0v) is 19.4. The van der Waals surface area contributed by atoms with E-state index in [4.69, 9.17) is 0 Å². The van der Waals surface area contributed by atoms with E-state index in [2.05, 4.69) is 5.32 Å². The number of alkyl halides is 3. The minimum atomic E-state index is -4.47. The Kier molecular flexibility index (Phi) is 7.50. The third-order valence-electron chi connectivity index (χ3n) is 5.85. The molecule has 0 atom stereocenters. The molecular weight excluding hydrogens is 463 g/mol. The van der Waals surface area contributed by atoms with Crippen LogP contribution in [-0.4, -0.2) is 40.1 Å². The number of hydrogen-bond acceptors (Lipinski definition) is 3. The molecule has 2 heterocycles. The molecule has 1 N–H and O–H groups in total. The maximum absolute atomic E-state index is 12.9. The Balaban J connectivity index is 1.43. The van der Waals surface area contributed by atoms with E-state index in [-0.39, 0.29) is 23.9 Å². The van der Waals surface area contributed by atoms with E-state index < -0.39 is 17.6 Å². The van der Waals surface area contributed by atoms with Gasteiger partial charge in [-0.15, -0.1) is 11.8 Å². The molecule has 9 heteroatoms. The molecule has 2 amide bonds. The summed E-state index contributed by atoms with van der Waals surface area (Å²) in [6.07, 6.45) is 1.77. The van der Waals surface area contributed by atoms with Gasteiger partial charge in [0.1, 0.15) is 6.54 Å². The van der Waals surface area contributed by atoms with E-state index in [0.29, 0.717) is 0 Å². The summed E-state index contributed by atoms with van der Waals surface area (Å²) in [4.78, 5) is 28.1. The van der Waals surface area contributed by atoms with Crippen molar-refractivity contribution in [1.82, 2.24) is 9.47 Å². The fourth-order valence-electron chi connectivity index (χ4n) is 4.14. The Morgan fingerprint density at radius 1 is 0.971 bits per heavy atom. The zero-order valence-electron chi connectivity index (χ0n) is 18.6. The number of likely N-dealkylation sites (tertiary alicyclic amines) is 1. The number of nitrogens with zero attached hydrogens (tertiary/aromatic N) is 2. The third kappa shape index (κ3) is 5.94. The summed E-state index contributed by atoms with van der Waals surface area (Å²) in [5.41, 5.74) is 0.201. The number of halogens is 3. The molecule has 180 valence electrons. The summed E-state index contributed by atoms with van der Waals surface area (Å²) in [7, 11) is 0. The monoisotopic (exact) mass is 489 g/mol. The smallest absolute Gasteiger partial charge is 0.341 e. The van der Waals surface area contributed by atoms with Crippen molar-refractivity contribution in [3.05, 3.63) is 60.3 Å². The van der Waals surface area contributed by atoms with E-state index in [0.717, 1.165) is 66.7 Å². The largest absolute Gasteiger partial charge is 0.416 e. The summed E-state index contributed by atoms with van der Waals surface area (Å²) in [6, 6.07) is 12.3. The van der Waals surface area contributed by atoms with Gasteiger partial charge in [-0.3, -0.25) is 9.59 Å². The molecule has 2 aromatic carbocycles. The number of benzene rings is 2. The first-order valence-corrected chi connectivity index (χ1v) is 12.3. The average Bonchev–Trinajstić information content (AvgIpc) is 2.97. The fourth-order valence-corrected chi connectivity index (χ4v) is 5.03. The molecule has 0 unspecified atom stereocenters. The number of carbonyl (C=O) groups is 2. The second-order valence-corrected chi connectivity index (χ2v) is 9.37. The van der Waals surface area contributed by atoms with Crippen LogP contribution in [0.4, 0.5) is 18.9 Å². The maximum Gasteiger partial charge on any atom is 0.416 e. The van der Waals surface area contributed by atoms with Gasteiger partial charge in [0, 0.05) is 40.8 Å². The van der Waals surface area contributed by atoms with Gasteiger partial charge in [0.15, 0.2) is 0 Å². The molecule has 0 bridgehead atoms. The second kappa shape index (κ2) is 10.5. The van der Waals surface area contributed by atoms with Gasteiger partial charge in [0.25, 0.3) is 0 Å². The first-order valence-electron chi connectivity index (χ1n) is 11.3. The molecule has 1 fully saturated rings. The van der Waals surface area contributed by atoms with Crippen molar-refractivity contribution in [1.29, 1.82) is 0 Å². The lowest BCUT2D eigenvalue weighted by atomic mass is 10.2. The van der Waals surface area contributed by atoms with E-state index in [1.54, 1.807) is 0 Å². The topological polar surface area (TPSA) is 54.3 Å². The van der Waals surface area contributed by atoms with Crippen LogP contribution in [-0.2, 0) is 22.3 Å². The van der Waals surface area contributed by atoms with Gasteiger partial charge < -0.3 is 14.8 Å². The van der Waals surface area contributed by atoms with Crippen molar-refractivity contribution >= 4 is 40.2 Å². The van der Waals surface area contributed by atoms with Crippen molar-refractivity contribution in [2.45, 2.75) is 43.3 Å². The van der Waals surface area contributed by atoms with E-state index in [1.165, 1.54) is 23.9 Å². The quantitative estimate of drug-likeness (QED) is 0.446. The molecule has 34 heavy (non-hydrogen) atoms. The average molecular weight is 490 g/mol. The molecule has 0 radical (unpaired) electrons. The molecule has 4 rings (SSSR count). The summed E-state index contributed by atoms with van der Waals surface area (Å²) in [6.45, 7) is 1.81. The highest BCUT2D eigenvalue weighted by Gasteiger charge is 2.30. The summed E-state index contributed by atoms with van der Waals surface area (Å²) >= 11 is 1.29. The molecule has 0 spiro atoms. The Morgan fingerprint density at radius 2 is 1.71 bits per heavy atom. The number of hydrogen-bond donors (Lipinski definition) is 1. The molecule has 0 saturated carbocycles. The minimum Gasteiger partial charge on any atom is -0.341 e. The van der Waals surface area contributed by atoms with Crippen LogP contribution >= 0.6 is 11.8 Å². The Hall–Kier alpha value is -2.94. The van der Waals surface area contributed by atoms with Gasteiger partial charge in [-0.05, 0) is 37.1 Å². The van der Waals surface area contributed by atoms with Crippen LogP contribution in [0.1, 0.15) is 31.2 Å². The number of amides is 2. The van der Waals surface area contributed by atoms with Crippen LogP contribution in [0.2, 0.25) is 0 Å². The fraction of sp³-hybridized carbons (Fsp3) is 0.360. The highest BCUT2D eigenvalue weighted by atomic mass is 32.2. The highest BCUT2D eigenvalue weighted by Crippen LogP contribution is 2.32. The third-order valence-corrected chi connectivity index (χ3v) is 6.89. The first kappa shape index (κ1) is 24.2. The van der Waals surface area contributed by atoms with Crippen LogP contribution in [0.25, 0.3) is 10.9 Å². The predicted molar refractivity (Wildman–Crippen MR) is 128 cm³/mol. The number of fused-ring (bicyclic) bond motifs is 1. The normalized spacial score (nSPS) is 14.7. The molecule has 1 saturated heterocycles. The number of carbonyl (C=O) groups excluding carboxylic acids is 2. The number of rotatable bonds is 6.